The van der Waals surface area contributed by atoms with Crippen LogP contribution in [0.15, 0.2) is 52.3 Å². The van der Waals surface area contributed by atoms with Crippen LogP contribution in [0.5, 0.6) is 0 Å². The first-order chi connectivity index (χ1) is 12.2. The van der Waals surface area contributed by atoms with Crippen molar-refractivity contribution in [3.05, 3.63) is 58.6 Å². The molecular weight excluding hydrogens is 348 g/mol. The predicted octanol–water partition coefficient (Wildman–Crippen LogP) is 2.72. The van der Waals surface area contributed by atoms with Gasteiger partial charge in [0.25, 0.3) is 0 Å². The number of likely N-dealkylation sites (tertiary alicyclic amines) is 1. The van der Waals surface area contributed by atoms with Crippen molar-refractivity contribution in [1.82, 2.24) is 0 Å². The Morgan fingerprint density at radius 3 is 2.96 bits per heavy atom. The smallest absolute Gasteiger partial charge is 0.137 e. The fourth-order valence-electron chi connectivity index (χ4n) is 4.42. The van der Waals surface area contributed by atoms with Gasteiger partial charge >= 0.3 is 0 Å². The molecule has 1 fully saturated rings. The van der Waals surface area contributed by atoms with E-state index in [4.69, 9.17) is 11.6 Å². The van der Waals surface area contributed by atoms with Crippen molar-refractivity contribution in [2.75, 3.05) is 19.6 Å². The van der Waals surface area contributed by atoms with Crippen LogP contribution in [0, 0.1) is 0 Å². The first-order valence-electron chi connectivity index (χ1n) is 9.47. The molecule has 2 aromatic rings. The summed E-state index contributed by atoms with van der Waals surface area (Å²) in [4.78, 5) is 4.54. The van der Waals surface area contributed by atoms with Crippen LogP contribution >= 0.6 is 23.4 Å². The monoisotopic (exact) mass is 374 g/mol. The number of halogens is 1. The van der Waals surface area contributed by atoms with Gasteiger partial charge in [-0.05, 0) is 36.8 Å². The highest BCUT2D eigenvalue weighted by Crippen LogP contribution is 2.40. The van der Waals surface area contributed by atoms with Crippen LogP contribution in [0.3, 0.4) is 0 Å². The minimum absolute atomic E-state index is 0.488. The third-order valence-corrected chi connectivity index (χ3v) is 7.23. The molecule has 2 aliphatic heterocycles. The van der Waals surface area contributed by atoms with E-state index in [2.05, 4.69) is 48.6 Å². The standard InChI is InChI=1S/C21H25ClN2S/c1-2-24-11-5-6-17(24)14-23-19-13-15-12-16(22)9-10-20(15)25-21-8-4-3-7-18(19)21/h3-4,7-10,12,17,19,23H,2,5-6,11,13-14H2,1H3/p+2/t17-,19+/m0/s1. The second kappa shape index (κ2) is 7.71. The quantitative estimate of drug-likeness (QED) is 0.843. The third-order valence-electron chi connectivity index (χ3n) is 5.79. The van der Waals surface area contributed by atoms with E-state index in [1.54, 1.807) is 4.90 Å². The number of rotatable bonds is 4. The van der Waals surface area contributed by atoms with E-state index in [-0.39, 0.29) is 0 Å². The summed E-state index contributed by atoms with van der Waals surface area (Å²) >= 11 is 8.18. The van der Waals surface area contributed by atoms with Gasteiger partial charge in [0, 0.05) is 39.6 Å². The average molecular weight is 375 g/mol. The van der Waals surface area contributed by atoms with Crippen molar-refractivity contribution >= 4 is 23.4 Å². The molecule has 2 aliphatic rings. The Balaban J connectivity index is 1.59. The zero-order valence-corrected chi connectivity index (χ0v) is 16.4. The maximum absolute atomic E-state index is 6.28. The third kappa shape index (κ3) is 3.75. The second-order valence-corrected chi connectivity index (χ2v) is 8.80. The number of hydrogen-bond acceptors (Lipinski definition) is 1. The summed E-state index contributed by atoms with van der Waals surface area (Å²) in [5, 5.41) is 3.45. The van der Waals surface area contributed by atoms with Crippen LogP contribution in [-0.4, -0.2) is 25.7 Å². The largest absolute Gasteiger partial charge is 0.335 e. The minimum Gasteiger partial charge on any atom is -0.335 e. The first-order valence-corrected chi connectivity index (χ1v) is 10.7. The average Bonchev–Trinajstić information content (AvgIpc) is 3.02. The van der Waals surface area contributed by atoms with Crippen molar-refractivity contribution in [3.63, 3.8) is 0 Å². The van der Waals surface area contributed by atoms with Crippen molar-refractivity contribution in [3.8, 4) is 0 Å². The molecule has 0 spiro atoms. The van der Waals surface area contributed by atoms with Gasteiger partial charge < -0.3 is 10.2 Å². The highest BCUT2D eigenvalue weighted by atomic mass is 35.5. The van der Waals surface area contributed by atoms with Gasteiger partial charge in [0.1, 0.15) is 18.6 Å². The summed E-state index contributed by atoms with van der Waals surface area (Å²) < 4.78 is 0. The number of nitrogens with one attached hydrogen (secondary N) is 1. The number of nitrogens with two attached hydrogens (primary N) is 1. The van der Waals surface area contributed by atoms with Crippen molar-refractivity contribution in [2.24, 2.45) is 0 Å². The molecule has 2 aromatic carbocycles. The molecular formula is C21H27ClN2S+2. The number of benzene rings is 2. The minimum atomic E-state index is 0.488. The molecule has 0 saturated carbocycles. The molecule has 0 aliphatic carbocycles. The van der Waals surface area contributed by atoms with Crippen LogP contribution < -0.4 is 10.2 Å². The summed E-state index contributed by atoms with van der Waals surface area (Å²) in [7, 11) is 0. The Morgan fingerprint density at radius 2 is 2.08 bits per heavy atom. The Kier molecular flexibility index (Phi) is 5.37. The molecule has 4 rings (SSSR count). The molecule has 2 nitrogen and oxygen atoms in total. The van der Waals surface area contributed by atoms with Gasteiger partial charge in [-0.25, -0.2) is 0 Å². The number of fused-ring (bicyclic) bond motifs is 2. The lowest BCUT2D eigenvalue weighted by molar-refractivity contribution is -0.926. The van der Waals surface area contributed by atoms with E-state index in [9.17, 15) is 0 Å². The maximum Gasteiger partial charge on any atom is 0.137 e. The summed E-state index contributed by atoms with van der Waals surface area (Å²) in [6, 6.07) is 16.6. The van der Waals surface area contributed by atoms with Crippen molar-refractivity contribution in [1.29, 1.82) is 0 Å². The molecule has 132 valence electrons. The summed E-state index contributed by atoms with van der Waals surface area (Å²) in [5.74, 6) is 0. The predicted molar refractivity (Wildman–Crippen MR) is 105 cm³/mol. The highest BCUT2D eigenvalue weighted by Gasteiger charge is 2.31. The molecule has 25 heavy (non-hydrogen) atoms. The molecule has 0 bridgehead atoms. The molecule has 1 unspecified atom stereocenters. The number of likely N-dealkylation sites (N-methyl/N-ethyl adjacent to an activating group) is 1. The van der Waals surface area contributed by atoms with E-state index in [0.29, 0.717) is 6.04 Å². The molecule has 0 amide bonds. The van der Waals surface area contributed by atoms with Gasteiger partial charge in [-0.2, -0.15) is 0 Å². The Hall–Kier alpha value is -1.00. The molecule has 3 N–H and O–H groups in total. The topological polar surface area (TPSA) is 21.1 Å². The molecule has 2 heterocycles. The van der Waals surface area contributed by atoms with E-state index >= 15 is 0 Å². The second-order valence-electron chi connectivity index (χ2n) is 7.27. The van der Waals surface area contributed by atoms with E-state index < -0.39 is 0 Å². The van der Waals surface area contributed by atoms with Gasteiger partial charge in [0.05, 0.1) is 13.1 Å². The van der Waals surface area contributed by atoms with Gasteiger partial charge in [-0.15, -0.1) is 0 Å². The van der Waals surface area contributed by atoms with Crippen molar-refractivity contribution < 1.29 is 10.2 Å². The molecule has 4 heteroatoms. The van der Waals surface area contributed by atoms with E-state index in [1.165, 1.54) is 53.4 Å². The van der Waals surface area contributed by atoms with Crippen LogP contribution in [0.4, 0.5) is 0 Å². The maximum atomic E-state index is 6.28. The first kappa shape index (κ1) is 17.4. The van der Waals surface area contributed by atoms with Gasteiger partial charge in [-0.3, -0.25) is 0 Å². The van der Waals surface area contributed by atoms with Crippen LogP contribution in [0.2, 0.25) is 5.02 Å². The zero-order valence-electron chi connectivity index (χ0n) is 14.8. The molecule has 3 atom stereocenters. The summed E-state index contributed by atoms with van der Waals surface area (Å²) in [6.45, 7) is 6.16. The SMILES string of the molecule is CC[NH+]1CCC[C@H]1C[NH2+][C@@H]1Cc2cc(Cl)ccc2Sc2ccccc21. The van der Waals surface area contributed by atoms with Gasteiger partial charge in [0.15, 0.2) is 0 Å². The number of hydrogen-bond donors (Lipinski definition) is 2. The van der Waals surface area contributed by atoms with Gasteiger partial charge in [0.2, 0.25) is 0 Å². The lowest BCUT2D eigenvalue weighted by Gasteiger charge is -2.22. The Labute approximate surface area is 159 Å². The molecule has 0 aromatic heterocycles. The lowest BCUT2D eigenvalue weighted by Crippen LogP contribution is -3.16. The van der Waals surface area contributed by atoms with Gasteiger partial charge in [-0.1, -0.05) is 41.6 Å². The Morgan fingerprint density at radius 1 is 1.20 bits per heavy atom. The fourth-order valence-corrected chi connectivity index (χ4v) is 5.75. The van der Waals surface area contributed by atoms with Crippen molar-refractivity contribution in [2.45, 2.75) is 48.1 Å². The zero-order chi connectivity index (χ0) is 17.2. The summed E-state index contributed by atoms with van der Waals surface area (Å²) in [5.41, 5.74) is 2.87. The van der Waals surface area contributed by atoms with Crippen LogP contribution in [-0.2, 0) is 6.42 Å². The van der Waals surface area contributed by atoms with E-state index in [0.717, 1.165) is 17.5 Å². The highest BCUT2D eigenvalue weighted by molar-refractivity contribution is 7.99. The molecule has 1 saturated heterocycles. The fraction of sp³-hybridized carbons (Fsp3) is 0.429. The number of quaternary nitrogens is 2. The molecule has 0 radical (unpaired) electrons. The van der Waals surface area contributed by atoms with Crippen LogP contribution in [0.1, 0.15) is 36.9 Å². The Bertz CT molecular complexity index is 748. The van der Waals surface area contributed by atoms with Crippen LogP contribution in [0.25, 0.3) is 0 Å². The summed E-state index contributed by atoms with van der Waals surface area (Å²) in [6.07, 6.45) is 3.83. The lowest BCUT2D eigenvalue weighted by atomic mass is 9.98. The normalized spacial score (nSPS) is 25.3. The van der Waals surface area contributed by atoms with E-state index in [1.807, 2.05) is 17.8 Å².